The van der Waals surface area contributed by atoms with Gasteiger partial charge in [0.25, 0.3) is 0 Å². The number of nitrogens with zero attached hydrogens (tertiary/aromatic N) is 1. The minimum atomic E-state index is 0.748. The van der Waals surface area contributed by atoms with Crippen LogP contribution in [0.2, 0.25) is 0 Å². The van der Waals surface area contributed by atoms with Crippen LogP contribution in [0.1, 0.15) is 0 Å². The van der Waals surface area contributed by atoms with Crippen LogP contribution in [0.15, 0.2) is 89.4 Å². The number of hydrogen-bond donors (Lipinski definition) is 0. The molecule has 0 aliphatic carbocycles. The number of ether oxygens (including phenoxy) is 1. The van der Waals surface area contributed by atoms with E-state index in [2.05, 4.69) is 22.0 Å². The van der Waals surface area contributed by atoms with Crippen LogP contribution in [0.25, 0.3) is 22.2 Å². The molecule has 0 aliphatic heterocycles. The molecule has 116 valence electrons. The molecule has 0 N–H and O–H groups in total. The highest BCUT2D eigenvalue weighted by molar-refractivity contribution is 9.10. The third kappa shape index (κ3) is 3.03. The molecule has 1 aromatic heterocycles. The summed E-state index contributed by atoms with van der Waals surface area (Å²) in [4.78, 5) is 4.84. The van der Waals surface area contributed by atoms with Crippen LogP contribution in [0, 0.1) is 0 Å². The van der Waals surface area contributed by atoms with Crippen molar-refractivity contribution in [1.29, 1.82) is 0 Å². The molecule has 0 atom stereocenters. The normalized spacial score (nSPS) is 10.7. The van der Waals surface area contributed by atoms with E-state index in [0.717, 1.165) is 38.1 Å². The number of para-hydroxylation sites is 1. The Kier molecular flexibility index (Phi) is 4.01. The van der Waals surface area contributed by atoms with Gasteiger partial charge in [-0.3, -0.25) is 0 Å². The number of pyridine rings is 1. The molecule has 0 radical (unpaired) electrons. The zero-order valence-corrected chi connectivity index (χ0v) is 14.4. The maximum absolute atomic E-state index is 6.13. The number of aromatic nitrogens is 1. The average molecular weight is 376 g/mol. The molecule has 0 saturated heterocycles. The van der Waals surface area contributed by atoms with Crippen molar-refractivity contribution in [2.75, 3.05) is 0 Å². The summed E-state index contributed by atoms with van der Waals surface area (Å²) in [5.41, 5.74) is 2.82. The van der Waals surface area contributed by atoms with Gasteiger partial charge in [0.05, 0.1) is 5.52 Å². The molecule has 0 aliphatic rings. The van der Waals surface area contributed by atoms with Gasteiger partial charge in [-0.2, -0.15) is 0 Å². The van der Waals surface area contributed by atoms with Crippen molar-refractivity contribution in [1.82, 2.24) is 4.98 Å². The number of fused-ring (bicyclic) bond motifs is 1. The number of hydrogen-bond acceptors (Lipinski definition) is 2. The molecule has 0 spiro atoms. The van der Waals surface area contributed by atoms with E-state index < -0.39 is 0 Å². The summed E-state index contributed by atoms with van der Waals surface area (Å²) in [6, 6.07) is 28.0. The lowest BCUT2D eigenvalue weighted by molar-refractivity contribution is 0.483. The van der Waals surface area contributed by atoms with E-state index in [4.69, 9.17) is 9.72 Å². The molecule has 3 aromatic carbocycles. The Hall–Kier alpha value is -2.65. The summed E-state index contributed by atoms with van der Waals surface area (Å²) in [6.45, 7) is 0. The second-order valence-electron chi connectivity index (χ2n) is 5.45. The number of rotatable bonds is 3. The Morgan fingerprint density at radius 1 is 0.750 bits per heavy atom. The maximum atomic E-state index is 6.13. The van der Waals surface area contributed by atoms with Gasteiger partial charge in [-0.15, -0.1) is 0 Å². The average Bonchev–Trinajstić information content (AvgIpc) is 2.63. The standard InChI is InChI=1S/C21H14BrNO/c22-17-11-12-19-16(13-17)14-20(24-18-9-5-2-6-10-18)21(23-19)15-7-3-1-4-8-15/h1-14H. The first kappa shape index (κ1) is 14.9. The fraction of sp³-hybridized carbons (Fsp3) is 0. The van der Waals surface area contributed by atoms with E-state index >= 15 is 0 Å². The molecule has 0 saturated carbocycles. The fourth-order valence-electron chi connectivity index (χ4n) is 2.62. The number of halogens is 1. The van der Waals surface area contributed by atoms with Crippen LogP contribution in [-0.2, 0) is 0 Å². The summed E-state index contributed by atoms with van der Waals surface area (Å²) in [6.07, 6.45) is 0. The first-order valence-corrected chi connectivity index (χ1v) is 8.47. The van der Waals surface area contributed by atoms with Crippen LogP contribution >= 0.6 is 15.9 Å². The van der Waals surface area contributed by atoms with Gasteiger partial charge in [0.1, 0.15) is 11.4 Å². The molecular formula is C21H14BrNO. The highest BCUT2D eigenvalue weighted by Gasteiger charge is 2.11. The molecule has 0 bridgehead atoms. The Morgan fingerprint density at radius 2 is 1.46 bits per heavy atom. The van der Waals surface area contributed by atoms with Gasteiger partial charge < -0.3 is 4.74 Å². The maximum Gasteiger partial charge on any atom is 0.154 e. The lowest BCUT2D eigenvalue weighted by Crippen LogP contribution is -1.93. The quantitative estimate of drug-likeness (QED) is 0.410. The monoisotopic (exact) mass is 375 g/mol. The zero-order chi connectivity index (χ0) is 16.4. The highest BCUT2D eigenvalue weighted by Crippen LogP contribution is 2.35. The predicted octanol–water partition coefficient (Wildman–Crippen LogP) is 6.46. The van der Waals surface area contributed by atoms with Crippen molar-refractivity contribution in [2.24, 2.45) is 0 Å². The minimum absolute atomic E-state index is 0.748. The first-order valence-electron chi connectivity index (χ1n) is 7.68. The molecule has 0 unspecified atom stereocenters. The van der Waals surface area contributed by atoms with Crippen molar-refractivity contribution in [2.45, 2.75) is 0 Å². The lowest BCUT2D eigenvalue weighted by atomic mass is 10.1. The smallest absolute Gasteiger partial charge is 0.154 e. The van der Waals surface area contributed by atoms with Crippen LogP contribution in [0.5, 0.6) is 11.5 Å². The zero-order valence-electron chi connectivity index (χ0n) is 12.8. The summed E-state index contributed by atoms with van der Waals surface area (Å²) in [7, 11) is 0. The van der Waals surface area contributed by atoms with Crippen LogP contribution in [0.3, 0.4) is 0 Å². The summed E-state index contributed by atoms with van der Waals surface area (Å²) < 4.78 is 7.16. The summed E-state index contributed by atoms with van der Waals surface area (Å²) in [5.74, 6) is 1.55. The van der Waals surface area contributed by atoms with Crippen LogP contribution in [0.4, 0.5) is 0 Å². The molecule has 0 amide bonds. The second-order valence-corrected chi connectivity index (χ2v) is 6.37. The molecule has 0 fully saturated rings. The van der Waals surface area contributed by atoms with Crippen molar-refractivity contribution in [3.8, 4) is 22.8 Å². The van der Waals surface area contributed by atoms with Crippen molar-refractivity contribution >= 4 is 26.8 Å². The molecule has 1 heterocycles. The lowest BCUT2D eigenvalue weighted by Gasteiger charge is -2.12. The van der Waals surface area contributed by atoms with Gasteiger partial charge in [-0.25, -0.2) is 4.98 Å². The number of benzene rings is 3. The van der Waals surface area contributed by atoms with E-state index in [1.54, 1.807) is 0 Å². The molecule has 4 aromatic rings. The van der Waals surface area contributed by atoms with E-state index in [1.807, 2.05) is 78.9 Å². The Balaban J connectivity index is 1.90. The van der Waals surface area contributed by atoms with E-state index in [1.165, 1.54) is 0 Å². The third-order valence-corrected chi connectivity index (χ3v) is 4.25. The van der Waals surface area contributed by atoms with Gasteiger partial charge in [0.2, 0.25) is 0 Å². The van der Waals surface area contributed by atoms with Crippen molar-refractivity contribution in [3.63, 3.8) is 0 Å². The fourth-order valence-corrected chi connectivity index (χ4v) is 3.00. The molecule has 2 nitrogen and oxygen atoms in total. The van der Waals surface area contributed by atoms with E-state index in [0.29, 0.717) is 0 Å². The van der Waals surface area contributed by atoms with Gasteiger partial charge in [0, 0.05) is 15.4 Å². The molecule has 3 heteroatoms. The summed E-state index contributed by atoms with van der Waals surface area (Å²) >= 11 is 3.52. The minimum Gasteiger partial charge on any atom is -0.455 e. The Bertz CT molecular complexity index is 985. The van der Waals surface area contributed by atoms with Crippen molar-refractivity contribution < 1.29 is 4.74 Å². The molecular weight excluding hydrogens is 362 g/mol. The Morgan fingerprint density at radius 3 is 2.21 bits per heavy atom. The topological polar surface area (TPSA) is 22.1 Å². The first-order chi connectivity index (χ1) is 11.8. The summed E-state index contributed by atoms with van der Waals surface area (Å²) in [5, 5.41) is 1.04. The second kappa shape index (κ2) is 6.46. The van der Waals surface area contributed by atoms with Crippen LogP contribution in [-0.4, -0.2) is 4.98 Å². The van der Waals surface area contributed by atoms with Gasteiger partial charge in [-0.1, -0.05) is 64.5 Å². The largest absolute Gasteiger partial charge is 0.455 e. The van der Waals surface area contributed by atoms with Gasteiger partial charge in [-0.05, 0) is 36.4 Å². The highest BCUT2D eigenvalue weighted by atomic mass is 79.9. The van der Waals surface area contributed by atoms with Crippen LogP contribution < -0.4 is 4.74 Å². The van der Waals surface area contributed by atoms with Gasteiger partial charge >= 0.3 is 0 Å². The predicted molar refractivity (Wildman–Crippen MR) is 101 cm³/mol. The van der Waals surface area contributed by atoms with Gasteiger partial charge in [0.15, 0.2) is 5.75 Å². The Labute approximate surface area is 148 Å². The SMILES string of the molecule is Brc1ccc2nc(-c3ccccc3)c(Oc3ccccc3)cc2c1. The molecule has 24 heavy (non-hydrogen) atoms. The molecule has 4 rings (SSSR count). The van der Waals surface area contributed by atoms with E-state index in [-0.39, 0.29) is 0 Å². The third-order valence-electron chi connectivity index (χ3n) is 3.76. The van der Waals surface area contributed by atoms with E-state index in [9.17, 15) is 0 Å². The van der Waals surface area contributed by atoms with Crippen molar-refractivity contribution in [3.05, 3.63) is 89.4 Å².